The Kier molecular flexibility index (Phi) is 4.08. The minimum atomic E-state index is 0.326. The Balaban J connectivity index is 2.95. The summed E-state index contributed by atoms with van der Waals surface area (Å²) in [6.45, 7) is 3.00. The lowest BCUT2D eigenvalue weighted by atomic mass is 10.4. The van der Waals surface area contributed by atoms with Crippen molar-refractivity contribution in [2.75, 3.05) is 38.0 Å². The first-order chi connectivity index (χ1) is 7.21. The van der Waals surface area contributed by atoms with E-state index in [2.05, 4.69) is 27.2 Å². The van der Waals surface area contributed by atoms with Crippen molar-refractivity contribution in [3.05, 3.63) is 0 Å². The van der Waals surface area contributed by atoms with Crippen LogP contribution in [0.4, 0.5) is 11.9 Å². The van der Waals surface area contributed by atoms with Crippen molar-refractivity contribution in [2.24, 2.45) is 0 Å². The average molecular weight is 211 g/mol. The Morgan fingerprint density at radius 1 is 1.33 bits per heavy atom. The van der Waals surface area contributed by atoms with Crippen molar-refractivity contribution in [1.82, 2.24) is 15.0 Å². The van der Waals surface area contributed by atoms with Crippen molar-refractivity contribution in [3.8, 4) is 6.01 Å². The van der Waals surface area contributed by atoms with Crippen LogP contribution in [0, 0.1) is 0 Å². The number of nitrogens with one attached hydrogen (secondary N) is 1. The third-order valence-electron chi connectivity index (χ3n) is 1.91. The van der Waals surface area contributed by atoms with Crippen LogP contribution in [0.3, 0.4) is 0 Å². The Bertz CT molecular complexity index is 295. The lowest BCUT2D eigenvalue weighted by Gasteiger charge is -2.16. The quantitative estimate of drug-likeness (QED) is 0.776. The van der Waals surface area contributed by atoms with E-state index >= 15 is 0 Å². The van der Waals surface area contributed by atoms with Gasteiger partial charge in [-0.05, 0) is 6.42 Å². The van der Waals surface area contributed by atoms with Gasteiger partial charge in [0, 0.05) is 20.6 Å². The molecule has 0 spiro atoms. The minimum absolute atomic E-state index is 0.326. The zero-order chi connectivity index (χ0) is 11.3. The third-order valence-corrected chi connectivity index (χ3v) is 1.91. The maximum atomic E-state index is 5.00. The molecule has 0 fully saturated rings. The fourth-order valence-electron chi connectivity index (χ4n) is 1.16. The smallest absolute Gasteiger partial charge is 0.322 e. The van der Waals surface area contributed by atoms with Crippen molar-refractivity contribution in [3.63, 3.8) is 0 Å². The molecule has 84 valence electrons. The average Bonchev–Trinajstić information content (AvgIpc) is 2.28. The molecule has 0 aliphatic rings. The largest absolute Gasteiger partial charge is 0.467 e. The highest BCUT2D eigenvalue weighted by Gasteiger charge is 2.08. The van der Waals surface area contributed by atoms with Crippen molar-refractivity contribution < 1.29 is 4.74 Å². The van der Waals surface area contributed by atoms with Crippen molar-refractivity contribution in [1.29, 1.82) is 0 Å². The fourth-order valence-corrected chi connectivity index (χ4v) is 1.16. The van der Waals surface area contributed by atoms with E-state index in [9.17, 15) is 0 Å². The monoisotopic (exact) mass is 211 g/mol. The maximum Gasteiger partial charge on any atom is 0.322 e. The van der Waals surface area contributed by atoms with E-state index in [4.69, 9.17) is 4.74 Å². The molecule has 15 heavy (non-hydrogen) atoms. The summed E-state index contributed by atoms with van der Waals surface area (Å²) in [5, 5.41) is 2.87. The van der Waals surface area contributed by atoms with Crippen LogP contribution in [0.2, 0.25) is 0 Å². The fraction of sp³-hybridized carbons (Fsp3) is 0.667. The van der Waals surface area contributed by atoms with Gasteiger partial charge in [0.1, 0.15) is 0 Å². The van der Waals surface area contributed by atoms with E-state index in [0.29, 0.717) is 17.9 Å². The molecular weight excluding hydrogens is 194 g/mol. The minimum Gasteiger partial charge on any atom is -0.467 e. The number of hydrogen-bond acceptors (Lipinski definition) is 6. The summed E-state index contributed by atoms with van der Waals surface area (Å²) in [5.74, 6) is 1.13. The number of hydrogen-bond donors (Lipinski definition) is 1. The molecule has 0 saturated carbocycles. The Labute approximate surface area is 89.7 Å². The van der Waals surface area contributed by atoms with Crippen LogP contribution >= 0.6 is 0 Å². The number of rotatable bonds is 5. The van der Waals surface area contributed by atoms with Crippen molar-refractivity contribution >= 4 is 11.9 Å². The number of anilines is 2. The molecule has 1 N–H and O–H groups in total. The number of ether oxygens (including phenoxy) is 1. The van der Waals surface area contributed by atoms with Crippen LogP contribution in [0.1, 0.15) is 13.3 Å². The summed E-state index contributed by atoms with van der Waals surface area (Å²) in [6, 6.07) is 0.326. The molecule has 0 atom stereocenters. The molecule has 6 nitrogen and oxygen atoms in total. The third kappa shape index (κ3) is 2.93. The summed E-state index contributed by atoms with van der Waals surface area (Å²) >= 11 is 0. The molecule has 0 bridgehead atoms. The first-order valence-corrected chi connectivity index (χ1v) is 4.90. The van der Waals surface area contributed by atoms with E-state index in [1.165, 1.54) is 0 Å². The van der Waals surface area contributed by atoms with E-state index in [1.54, 1.807) is 14.2 Å². The molecule has 0 aromatic carbocycles. The molecule has 1 aromatic rings. The molecular formula is C9H17N5O. The van der Waals surface area contributed by atoms with Gasteiger partial charge < -0.3 is 15.0 Å². The molecule has 6 heteroatoms. The normalized spacial score (nSPS) is 9.87. The molecule has 1 aromatic heterocycles. The molecule has 1 heterocycles. The molecule has 0 radical (unpaired) electrons. The van der Waals surface area contributed by atoms with Gasteiger partial charge in [-0.15, -0.1) is 0 Å². The van der Waals surface area contributed by atoms with Gasteiger partial charge in [0.25, 0.3) is 0 Å². The van der Waals surface area contributed by atoms with Crippen LogP contribution < -0.4 is 15.0 Å². The van der Waals surface area contributed by atoms with Crippen LogP contribution in [-0.2, 0) is 0 Å². The summed E-state index contributed by atoms with van der Waals surface area (Å²) in [4.78, 5) is 14.4. The second-order valence-corrected chi connectivity index (χ2v) is 3.12. The second-order valence-electron chi connectivity index (χ2n) is 3.12. The standard InChI is InChI=1S/C9H17N5O/c1-5-6-14(3)8-11-7(10-2)12-9(13-8)15-4/h5-6H2,1-4H3,(H,10,11,12,13). The van der Waals surface area contributed by atoms with Gasteiger partial charge in [-0.3, -0.25) is 0 Å². The van der Waals surface area contributed by atoms with Crippen LogP contribution in [0.5, 0.6) is 6.01 Å². The second kappa shape index (κ2) is 5.33. The molecule has 0 unspecified atom stereocenters. The van der Waals surface area contributed by atoms with E-state index in [0.717, 1.165) is 13.0 Å². The molecule has 0 amide bonds. The molecule has 1 rings (SSSR count). The lowest BCUT2D eigenvalue weighted by molar-refractivity contribution is 0.379. The van der Waals surface area contributed by atoms with Gasteiger partial charge in [-0.1, -0.05) is 6.92 Å². The number of nitrogens with zero attached hydrogens (tertiary/aromatic N) is 4. The summed E-state index contributed by atoms with van der Waals surface area (Å²) in [6.07, 6.45) is 1.04. The van der Waals surface area contributed by atoms with Crippen LogP contribution in [0.25, 0.3) is 0 Å². The lowest BCUT2D eigenvalue weighted by Crippen LogP contribution is -2.21. The zero-order valence-electron chi connectivity index (χ0n) is 9.61. The summed E-state index contributed by atoms with van der Waals surface area (Å²) in [5.41, 5.74) is 0. The maximum absolute atomic E-state index is 5.00. The first kappa shape index (κ1) is 11.5. The van der Waals surface area contributed by atoms with Gasteiger partial charge in [-0.2, -0.15) is 15.0 Å². The van der Waals surface area contributed by atoms with Crippen LogP contribution in [-0.4, -0.2) is 42.7 Å². The Morgan fingerprint density at radius 3 is 2.60 bits per heavy atom. The number of methoxy groups -OCH3 is 1. The highest BCUT2D eigenvalue weighted by Crippen LogP contribution is 2.13. The zero-order valence-corrected chi connectivity index (χ0v) is 9.61. The van der Waals surface area contributed by atoms with Gasteiger partial charge in [0.2, 0.25) is 11.9 Å². The van der Waals surface area contributed by atoms with Crippen LogP contribution in [0.15, 0.2) is 0 Å². The predicted molar refractivity (Wildman–Crippen MR) is 59.5 cm³/mol. The van der Waals surface area contributed by atoms with Gasteiger partial charge in [0.05, 0.1) is 7.11 Å². The Hall–Kier alpha value is -1.59. The van der Waals surface area contributed by atoms with E-state index < -0.39 is 0 Å². The Morgan fingerprint density at radius 2 is 2.07 bits per heavy atom. The number of aromatic nitrogens is 3. The van der Waals surface area contributed by atoms with Crippen molar-refractivity contribution in [2.45, 2.75) is 13.3 Å². The van der Waals surface area contributed by atoms with E-state index in [1.807, 2.05) is 11.9 Å². The van der Waals surface area contributed by atoms with E-state index in [-0.39, 0.29) is 0 Å². The SMILES string of the molecule is CCCN(C)c1nc(NC)nc(OC)n1. The topological polar surface area (TPSA) is 63.2 Å². The highest BCUT2D eigenvalue weighted by molar-refractivity contribution is 5.37. The molecule has 0 saturated heterocycles. The van der Waals surface area contributed by atoms with Gasteiger partial charge in [-0.25, -0.2) is 0 Å². The predicted octanol–water partition coefficient (Wildman–Crippen LogP) is 0.768. The first-order valence-electron chi connectivity index (χ1n) is 4.90. The molecule has 0 aliphatic carbocycles. The van der Waals surface area contributed by atoms with Gasteiger partial charge in [0.15, 0.2) is 0 Å². The summed E-state index contributed by atoms with van der Waals surface area (Å²) in [7, 11) is 5.24. The molecule has 0 aliphatic heterocycles. The highest BCUT2D eigenvalue weighted by atomic mass is 16.5. The summed E-state index contributed by atoms with van der Waals surface area (Å²) < 4.78 is 5.00. The van der Waals surface area contributed by atoms with Gasteiger partial charge >= 0.3 is 6.01 Å².